The molecule has 2 rings (SSSR count). The second kappa shape index (κ2) is 7.71. The van der Waals surface area contributed by atoms with Crippen molar-refractivity contribution < 1.29 is 14.8 Å². The van der Waals surface area contributed by atoms with Crippen LogP contribution in [0.2, 0.25) is 0 Å². The van der Waals surface area contributed by atoms with Gasteiger partial charge in [-0.25, -0.2) is 0 Å². The molecule has 0 bridgehead atoms. The van der Waals surface area contributed by atoms with Crippen molar-refractivity contribution >= 4 is 34.6 Å². The molecule has 0 saturated carbocycles. The van der Waals surface area contributed by atoms with E-state index in [4.69, 9.17) is 12.2 Å². The number of nitro groups is 1. The minimum atomic E-state index is -0.569. The summed E-state index contributed by atoms with van der Waals surface area (Å²) in [5.74, 6) is -0.578. The molecule has 0 aliphatic heterocycles. The third-order valence-corrected chi connectivity index (χ3v) is 4.29. The molecule has 0 heterocycles. The van der Waals surface area contributed by atoms with Crippen LogP contribution < -0.4 is 10.6 Å². The van der Waals surface area contributed by atoms with E-state index in [1.165, 1.54) is 25.1 Å². The van der Waals surface area contributed by atoms with Crippen molar-refractivity contribution in [3.8, 4) is 5.75 Å². The Morgan fingerprint density at radius 2 is 1.89 bits per heavy atom. The van der Waals surface area contributed by atoms with Crippen molar-refractivity contribution in [1.82, 2.24) is 5.32 Å². The van der Waals surface area contributed by atoms with Crippen LogP contribution >= 0.6 is 12.2 Å². The highest BCUT2D eigenvalue weighted by molar-refractivity contribution is 7.80. The van der Waals surface area contributed by atoms with Gasteiger partial charge in [-0.2, -0.15) is 0 Å². The zero-order valence-electron chi connectivity index (χ0n) is 15.5. The van der Waals surface area contributed by atoms with Gasteiger partial charge in [0.1, 0.15) is 5.75 Å². The second-order valence-corrected chi connectivity index (χ2v) is 7.51. The van der Waals surface area contributed by atoms with Gasteiger partial charge in [-0.05, 0) is 48.3 Å². The van der Waals surface area contributed by atoms with Crippen molar-refractivity contribution in [1.29, 1.82) is 0 Å². The first-order valence-electron chi connectivity index (χ1n) is 8.20. The lowest BCUT2D eigenvalue weighted by atomic mass is 9.87. The highest BCUT2D eigenvalue weighted by Crippen LogP contribution is 2.30. The molecular weight excluding hydrogens is 366 g/mol. The molecule has 1 amide bonds. The minimum Gasteiger partial charge on any atom is -0.506 e. The number of anilines is 1. The highest BCUT2D eigenvalue weighted by Gasteiger charge is 2.19. The van der Waals surface area contributed by atoms with Gasteiger partial charge in [0.2, 0.25) is 0 Å². The molecule has 2 aromatic rings. The average molecular weight is 387 g/mol. The predicted octanol–water partition coefficient (Wildman–Crippen LogP) is 4.03. The van der Waals surface area contributed by atoms with E-state index < -0.39 is 10.8 Å². The Bertz CT molecular complexity index is 920. The number of carbonyl (C=O) groups excluding carboxylic acids is 1. The first-order chi connectivity index (χ1) is 12.5. The van der Waals surface area contributed by atoms with E-state index in [0.29, 0.717) is 5.69 Å². The average Bonchev–Trinajstić information content (AvgIpc) is 2.55. The third-order valence-electron chi connectivity index (χ3n) is 4.08. The van der Waals surface area contributed by atoms with Crippen LogP contribution in [0.25, 0.3) is 0 Å². The van der Waals surface area contributed by atoms with Gasteiger partial charge in [-0.3, -0.25) is 20.2 Å². The van der Waals surface area contributed by atoms with Gasteiger partial charge >= 0.3 is 0 Å². The van der Waals surface area contributed by atoms with E-state index in [1.54, 1.807) is 12.1 Å². The summed E-state index contributed by atoms with van der Waals surface area (Å²) >= 11 is 5.15. The van der Waals surface area contributed by atoms with Crippen LogP contribution in [0.1, 0.15) is 42.3 Å². The number of nitro benzene ring substituents is 1. The Morgan fingerprint density at radius 1 is 1.22 bits per heavy atom. The van der Waals surface area contributed by atoms with Gasteiger partial charge in [0.25, 0.3) is 11.6 Å². The molecule has 7 nitrogen and oxygen atoms in total. The van der Waals surface area contributed by atoms with Crippen molar-refractivity contribution in [3.05, 3.63) is 63.2 Å². The SMILES string of the molecule is Cc1c(C(=O)NC(=S)Nc2cc(C(C)(C)C)ccc2O)cccc1[N+](=O)[O-]. The number of benzene rings is 2. The molecule has 0 aliphatic rings. The number of hydrogen-bond acceptors (Lipinski definition) is 5. The molecular formula is C19H21N3O4S. The van der Waals surface area contributed by atoms with E-state index in [1.807, 2.05) is 26.8 Å². The first-order valence-corrected chi connectivity index (χ1v) is 8.61. The molecule has 0 spiro atoms. The van der Waals surface area contributed by atoms with E-state index >= 15 is 0 Å². The van der Waals surface area contributed by atoms with E-state index in [2.05, 4.69) is 10.6 Å². The fourth-order valence-electron chi connectivity index (χ4n) is 2.49. The van der Waals surface area contributed by atoms with Crippen LogP contribution in [-0.4, -0.2) is 21.0 Å². The number of aromatic hydroxyl groups is 1. The molecule has 0 radical (unpaired) electrons. The molecule has 8 heteroatoms. The summed E-state index contributed by atoms with van der Waals surface area (Å²) in [6.07, 6.45) is 0. The van der Waals surface area contributed by atoms with Crippen LogP contribution in [0.15, 0.2) is 36.4 Å². The Labute approximate surface area is 162 Å². The maximum atomic E-state index is 12.4. The number of phenols is 1. The smallest absolute Gasteiger partial charge is 0.273 e. The Hall–Kier alpha value is -3.00. The quantitative estimate of drug-likeness (QED) is 0.318. The van der Waals surface area contributed by atoms with Gasteiger partial charge < -0.3 is 10.4 Å². The van der Waals surface area contributed by atoms with Gasteiger partial charge in [0.15, 0.2) is 5.11 Å². The number of carbonyl (C=O) groups is 1. The number of thiocarbonyl (C=S) groups is 1. The second-order valence-electron chi connectivity index (χ2n) is 7.10. The number of nitrogens with one attached hydrogen (secondary N) is 2. The van der Waals surface area contributed by atoms with Crippen molar-refractivity contribution in [2.24, 2.45) is 0 Å². The number of hydrogen-bond donors (Lipinski definition) is 3. The standard InChI is InChI=1S/C19H21N3O4S/c1-11-13(6-5-7-15(11)22(25)26)17(24)21-18(27)20-14-10-12(19(2,3)4)8-9-16(14)23/h5-10,23H,1-4H3,(H2,20,21,24,27). The molecule has 0 aromatic heterocycles. The van der Waals surface area contributed by atoms with Crippen LogP contribution in [0, 0.1) is 17.0 Å². The van der Waals surface area contributed by atoms with E-state index in [-0.39, 0.29) is 33.1 Å². The number of nitrogens with zero attached hydrogens (tertiary/aromatic N) is 1. The zero-order valence-corrected chi connectivity index (χ0v) is 16.3. The summed E-state index contributed by atoms with van der Waals surface area (Å²) < 4.78 is 0. The summed E-state index contributed by atoms with van der Waals surface area (Å²) in [6.45, 7) is 7.61. The molecule has 3 N–H and O–H groups in total. The predicted molar refractivity (Wildman–Crippen MR) is 108 cm³/mol. The molecule has 0 saturated heterocycles. The number of amides is 1. The van der Waals surface area contributed by atoms with Crippen molar-refractivity contribution in [2.75, 3.05) is 5.32 Å². The van der Waals surface area contributed by atoms with E-state index in [0.717, 1.165) is 5.56 Å². The number of rotatable bonds is 3. The topological polar surface area (TPSA) is 104 Å². The molecule has 27 heavy (non-hydrogen) atoms. The lowest BCUT2D eigenvalue weighted by Crippen LogP contribution is -2.34. The monoisotopic (exact) mass is 387 g/mol. The maximum Gasteiger partial charge on any atom is 0.273 e. The fraction of sp³-hybridized carbons (Fsp3) is 0.263. The normalized spacial score (nSPS) is 11.0. The van der Waals surface area contributed by atoms with Gasteiger partial charge in [-0.15, -0.1) is 0 Å². The molecule has 0 aliphatic carbocycles. The minimum absolute atomic E-state index is 0.00821. The molecule has 0 fully saturated rings. The lowest BCUT2D eigenvalue weighted by Gasteiger charge is -2.21. The molecule has 142 valence electrons. The van der Waals surface area contributed by atoms with Crippen molar-refractivity contribution in [2.45, 2.75) is 33.1 Å². The third kappa shape index (κ3) is 4.79. The van der Waals surface area contributed by atoms with Gasteiger partial charge in [0, 0.05) is 17.2 Å². The summed E-state index contributed by atoms with van der Waals surface area (Å²) in [6, 6.07) is 9.38. The van der Waals surface area contributed by atoms with Gasteiger partial charge in [-0.1, -0.05) is 32.9 Å². The Balaban J connectivity index is 2.18. The first kappa shape index (κ1) is 20.3. The van der Waals surface area contributed by atoms with E-state index in [9.17, 15) is 20.0 Å². The van der Waals surface area contributed by atoms with Crippen LogP contribution in [-0.2, 0) is 5.41 Å². The molecule has 0 unspecified atom stereocenters. The molecule has 2 aromatic carbocycles. The van der Waals surface area contributed by atoms with Gasteiger partial charge in [0.05, 0.1) is 10.6 Å². The summed E-state index contributed by atoms with van der Waals surface area (Å²) in [7, 11) is 0. The number of phenolic OH excluding ortho intramolecular Hbond substituents is 1. The summed E-state index contributed by atoms with van der Waals surface area (Å²) in [5.41, 5.74) is 1.48. The van der Waals surface area contributed by atoms with Crippen LogP contribution in [0.5, 0.6) is 5.75 Å². The Morgan fingerprint density at radius 3 is 2.48 bits per heavy atom. The van der Waals surface area contributed by atoms with Crippen molar-refractivity contribution in [3.63, 3.8) is 0 Å². The van der Waals surface area contributed by atoms with Crippen LogP contribution in [0.3, 0.4) is 0 Å². The summed E-state index contributed by atoms with van der Waals surface area (Å²) in [5, 5.41) is 26.3. The highest BCUT2D eigenvalue weighted by atomic mass is 32.1. The largest absolute Gasteiger partial charge is 0.506 e. The van der Waals surface area contributed by atoms with Crippen LogP contribution in [0.4, 0.5) is 11.4 Å². The maximum absolute atomic E-state index is 12.4. The Kier molecular flexibility index (Phi) is 5.80. The zero-order chi connectivity index (χ0) is 20.4. The lowest BCUT2D eigenvalue weighted by molar-refractivity contribution is -0.385. The fourth-order valence-corrected chi connectivity index (χ4v) is 2.70. The summed E-state index contributed by atoms with van der Waals surface area (Å²) in [4.78, 5) is 22.9. The molecule has 0 atom stereocenters.